The van der Waals surface area contributed by atoms with Crippen molar-refractivity contribution in [2.45, 2.75) is 12.4 Å². The van der Waals surface area contributed by atoms with Crippen LogP contribution in [0.4, 0.5) is 26.3 Å². The quantitative estimate of drug-likeness (QED) is 0.179. The Morgan fingerprint density at radius 3 is 1.40 bits per heavy atom. The van der Waals surface area contributed by atoms with Crippen molar-refractivity contribution in [2.24, 2.45) is 0 Å². The third kappa shape index (κ3) is 4.50. The fraction of sp³-hybridized carbons (Fsp3) is 0.0526. The number of aromatic nitrogens is 3. The molecule has 10 heteroatoms. The van der Waals surface area contributed by atoms with Crippen LogP contribution in [0.2, 0.25) is 0 Å². The van der Waals surface area contributed by atoms with Gasteiger partial charge >= 0.3 is 12.4 Å². The average Bonchev–Trinajstić information content (AvgIpc) is 3.59. The highest BCUT2D eigenvalue weighted by atomic mass is 19.4. The van der Waals surface area contributed by atoms with Crippen molar-refractivity contribution in [3.05, 3.63) is 138 Å². The maximum Gasteiger partial charge on any atom is 0.416 e. The Labute approximate surface area is 268 Å². The number of halogens is 6. The summed E-state index contributed by atoms with van der Waals surface area (Å²) in [6.45, 7) is 0. The molecule has 3 aromatic heterocycles. The molecule has 0 radical (unpaired) electrons. The third-order valence-electron chi connectivity index (χ3n) is 8.69. The average molecular weight is 647 g/mol. The second-order valence-corrected chi connectivity index (χ2v) is 11.4. The predicted molar refractivity (Wildman–Crippen MR) is 173 cm³/mol. The minimum atomic E-state index is -4.55. The lowest BCUT2D eigenvalue weighted by atomic mass is 10.0. The Morgan fingerprint density at radius 2 is 0.958 bits per heavy atom. The second-order valence-electron chi connectivity index (χ2n) is 11.4. The number of hydrogen-bond acceptors (Lipinski definition) is 2. The molecule has 0 aliphatic rings. The van der Waals surface area contributed by atoms with Crippen molar-refractivity contribution in [1.82, 2.24) is 14.1 Å². The van der Waals surface area contributed by atoms with Gasteiger partial charge in [0.1, 0.15) is 0 Å². The molecule has 0 aliphatic heterocycles. The number of hydrogen-bond donors (Lipinski definition) is 0. The molecule has 0 amide bonds. The van der Waals surface area contributed by atoms with Crippen LogP contribution in [0.15, 0.2) is 122 Å². The summed E-state index contributed by atoms with van der Waals surface area (Å²) in [7, 11) is 0. The number of nitriles is 1. The summed E-state index contributed by atoms with van der Waals surface area (Å²) in [6, 6.07) is 30.5. The van der Waals surface area contributed by atoms with Crippen LogP contribution in [0.25, 0.3) is 66.1 Å². The first-order valence-corrected chi connectivity index (χ1v) is 14.7. The first kappa shape index (κ1) is 29.3. The highest BCUT2D eigenvalue weighted by Gasteiger charge is 2.33. The van der Waals surface area contributed by atoms with Crippen molar-refractivity contribution in [3.63, 3.8) is 0 Å². The van der Waals surface area contributed by atoms with Gasteiger partial charge in [0.05, 0.1) is 68.6 Å². The topological polar surface area (TPSA) is 46.5 Å². The number of nitrogens with zero attached hydrogens (tertiary/aromatic N) is 4. The molecule has 0 atom stereocenters. The molecule has 0 saturated heterocycles. The minimum absolute atomic E-state index is 0.396. The Balaban J connectivity index is 1.51. The van der Waals surface area contributed by atoms with Gasteiger partial charge in [-0.1, -0.05) is 48.5 Å². The first-order chi connectivity index (χ1) is 23.0. The van der Waals surface area contributed by atoms with E-state index in [0.29, 0.717) is 71.7 Å². The predicted octanol–water partition coefficient (Wildman–Crippen LogP) is 10.9. The zero-order valence-electron chi connectivity index (χ0n) is 24.6. The lowest BCUT2D eigenvalue weighted by molar-refractivity contribution is -0.138. The summed E-state index contributed by atoms with van der Waals surface area (Å²) in [5.41, 5.74) is 3.49. The number of rotatable bonds is 3. The van der Waals surface area contributed by atoms with E-state index in [1.54, 1.807) is 73.1 Å². The zero-order valence-corrected chi connectivity index (χ0v) is 24.6. The molecule has 0 spiro atoms. The van der Waals surface area contributed by atoms with Crippen LogP contribution in [0, 0.1) is 11.3 Å². The number of fused-ring (bicyclic) bond motifs is 6. The third-order valence-corrected chi connectivity index (χ3v) is 8.69. The highest BCUT2D eigenvalue weighted by Crippen LogP contribution is 2.43. The number of pyridine rings is 1. The number of benzene rings is 5. The molecular weight excluding hydrogens is 626 g/mol. The molecule has 0 saturated carbocycles. The molecule has 0 bridgehead atoms. The molecule has 5 aromatic carbocycles. The monoisotopic (exact) mass is 646 g/mol. The van der Waals surface area contributed by atoms with E-state index in [9.17, 15) is 31.6 Å². The molecule has 234 valence electrons. The normalized spacial score (nSPS) is 12.4. The van der Waals surface area contributed by atoms with E-state index in [0.717, 1.165) is 24.3 Å². The lowest BCUT2D eigenvalue weighted by Crippen LogP contribution is -2.06. The molecule has 0 fully saturated rings. The van der Waals surface area contributed by atoms with E-state index in [-0.39, 0.29) is 0 Å². The minimum Gasteiger partial charge on any atom is -0.307 e. The van der Waals surface area contributed by atoms with Crippen molar-refractivity contribution in [1.29, 1.82) is 5.26 Å². The van der Waals surface area contributed by atoms with Crippen molar-refractivity contribution < 1.29 is 26.3 Å². The fourth-order valence-electron chi connectivity index (χ4n) is 6.60. The van der Waals surface area contributed by atoms with Crippen LogP contribution in [0.5, 0.6) is 0 Å². The smallest absolute Gasteiger partial charge is 0.307 e. The molecule has 4 nitrogen and oxygen atoms in total. The van der Waals surface area contributed by atoms with Gasteiger partial charge < -0.3 is 9.13 Å². The van der Waals surface area contributed by atoms with Crippen LogP contribution < -0.4 is 0 Å². The van der Waals surface area contributed by atoms with Crippen molar-refractivity contribution in [3.8, 4) is 28.6 Å². The fourth-order valence-corrected chi connectivity index (χ4v) is 6.60. The van der Waals surface area contributed by atoms with Gasteiger partial charge in [-0.3, -0.25) is 4.98 Å². The van der Waals surface area contributed by atoms with Gasteiger partial charge in [0, 0.05) is 27.1 Å². The molecule has 0 aliphatic carbocycles. The van der Waals surface area contributed by atoms with E-state index in [2.05, 4.69) is 11.1 Å². The first-order valence-electron chi connectivity index (χ1n) is 14.7. The zero-order chi connectivity index (χ0) is 33.4. The summed E-state index contributed by atoms with van der Waals surface area (Å²) in [5.74, 6) is 0. The maximum atomic E-state index is 13.8. The Morgan fingerprint density at radius 1 is 0.521 bits per heavy atom. The summed E-state index contributed by atoms with van der Waals surface area (Å²) >= 11 is 0. The molecule has 3 heterocycles. The molecule has 0 N–H and O–H groups in total. The second kappa shape index (κ2) is 10.5. The van der Waals surface area contributed by atoms with Crippen LogP contribution in [-0.4, -0.2) is 14.1 Å². The van der Waals surface area contributed by atoms with Gasteiger partial charge in [0.2, 0.25) is 0 Å². The summed E-state index contributed by atoms with van der Waals surface area (Å²) < 4.78 is 86.8. The molecule has 8 aromatic rings. The largest absolute Gasteiger partial charge is 0.416 e. The van der Waals surface area contributed by atoms with E-state index in [1.165, 1.54) is 12.1 Å². The van der Waals surface area contributed by atoms with Crippen LogP contribution in [-0.2, 0) is 12.4 Å². The van der Waals surface area contributed by atoms with Crippen LogP contribution in [0.3, 0.4) is 0 Å². The Kier molecular flexibility index (Phi) is 6.40. The van der Waals surface area contributed by atoms with Gasteiger partial charge in [0.15, 0.2) is 0 Å². The number of para-hydroxylation sites is 2. The molecule has 8 rings (SSSR count). The van der Waals surface area contributed by atoms with E-state index in [4.69, 9.17) is 0 Å². The van der Waals surface area contributed by atoms with Crippen LogP contribution >= 0.6 is 0 Å². The molecular formula is C38H20F6N4. The highest BCUT2D eigenvalue weighted by molar-refractivity contribution is 6.12. The summed E-state index contributed by atoms with van der Waals surface area (Å²) in [6.07, 6.45) is -5.85. The standard InChI is InChI=1S/C38H20F6N4/c39-37(40,41)24-13-15-32-28(17-24)26-5-1-3-7-30(26)47(32)34-20-46-21-35(36(34)23-11-9-22(19-45)10-12-23)48-31-8-4-2-6-27(31)29-18-25(38(42,43)44)14-16-33(29)48/h1-18,20-21H. The van der Waals surface area contributed by atoms with Gasteiger partial charge in [-0.05, 0) is 66.2 Å². The molecule has 0 unspecified atom stereocenters. The van der Waals surface area contributed by atoms with Gasteiger partial charge in [0.25, 0.3) is 0 Å². The van der Waals surface area contributed by atoms with Gasteiger partial charge in [-0.15, -0.1) is 0 Å². The van der Waals surface area contributed by atoms with Crippen molar-refractivity contribution >= 4 is 43.6 Å². The number of alkyl halides is 6. The van der Waals surface area contributed by atoms with Crippen LogP contribution in [0.1, 0.15) is 16.7 Å². The van der Waals surface area contributed by atoms with E-state index >= 15 is 0 Å². The Bertz CT molecular complexity index is 2450. The Hall–Kier alpha value is -6.08. The van der Waals surface area contributed by atoms with Gasteiger partial charge in [-0.2, -0.15) is 31.6 Å². The van der Waals surface area contributed by atoms with Crippen molar-refractivity contribution in [2.75, 3.05) is 0 Å². The van der Waals surface area contributed by atoms with Gasteiger partial charge in [-0.25, -0.2) is 0 Å². The summed E-state index contributed by atoms with van der Waals surface area (Å²) in [5, 5.41) is 11.5. The molecule has 48 heavy (non-hydrogen) atoms. The maximum absolute atomic E-state index is 13.8. The summed E-state index contributed by atoms with van der Waals surface area (Å²) in [4.78, 5) is 4.60. The van der Waals surface area contributed by atoms with E-state index < -0.39 is 23.5 Å². The lowest BCUT2D eigenvalue weighted by Gasteiger charge is -2.19. The van der Waals surface area contributed by atoms with E-state index in [1.807, 2.05) is 21.3 Å². The SMILES string of the molecule is N#Cc1ccc(-c2c(-n3c4ccccc4c4cc(C(F)(F)F)ccc43)cncc2-n2c3ccccc3c3cc(C(F)(F)F)ccc32)cc1.